The first-order valence-electron chi connectivity index (χ1n) is 17.7. The lowest BCUT2D eigenvalue weighted by Crippen LogP contribution is -2.56. The highest BCUT2D eigenvalue weighted by molar-refractivity contribution is 5.60. The maximum atomic E-state index is 13.1. The maximum absolute atomic E-state index is 13.1. The van der Waals surface area contributed by atoms with E-state index in [-0.39, 0.29) is 12.1 Å². The van der Waals surface area contributed by atoms with Crippen LogP contribution in [-0.4, -0.2) is 76.6 Å². The predicted octanol–water partition coefficient (Wildman–Crippen LogP) is 8.30. The topological polar surface area (TPSA) is 120 Å². The van der Waals surface area contributed by atoms with Gasteiger partial charge in [0.15, 0.2) is 5.82 Å². The van der Waals surface area contributed by atoms with Gasteiger partial charge in [-0.2, -0.15) is 0 Å². The average Bonchev–Trinajstić information content (AvgIpc) is 3.63. The quantitative estimate of drug-likeness (QED) is 0.185. The molecule has 3 aromatic rings. The Bertz CT molecular complexity index is 1420. The Morgan fingerprint density at radius 1 is 1.02 bits per heavy atom. The van der Waals surface area contributed by atoms with Crippen molar-refractivity contribution in [2.75, 3.05) is 44.4 Å². The Morgan fingerprint density at radius 2 is 1.70 bits per heavy atom. The molecule has 0 spiro atoms. The van der Waals surface area contributed by atoms with Crippen LogP contribution in [0, 0.1) is 25.7 Å². The van der Waals surface area contributed by atoms with Gasteiger partial charge in [-0.25, -0.2) is 23.7 Å². The lowest BCUT2D eigenvalue weighted by atomic mass is 9.88. The van der Waals surface area contributed by atoms with Gasteiger partial charge in [0.2, 0.25) is 5.88 Å². The summed E-state index contributed by atoms with van der Waals surface area (Å²) < 4.78 is 42.9. The summed E-state index contributed by atoms with van der Waals surface area (Å²) in [6.45, 7) is 21.4. The van der Waals surface area contributed by atoms with Crippen LogP contribution in [0.3, 0.4) is 0 Å². The summed E-state index contributed by atoms with van der Waals surface area (Å²) in [7, 11) is 0. The van der Waals surface area contributed by atoms with Gasteiger partial charge < -0.3 is 24.2 Å². The molecule has 50 heavy (non-hydrogen) atoms. The lowest BCUT2D eigenvalue weighted by molar-refractivity contribution is -0.231. The Labute approximate surface area is 297 Å². The molecule has 12 heteroatoms. The third kappa shape index (κ3) is 13.5. The molecule has 0 amide bonds. The molecule has 0 radical (unpaired) electrons. The zero-order valence-electron chi connectivity index (χ0n) is 31.1. The van der Waals surface area contributed by atoms with Crippen LogP contribution in [0.1, 0.15) is 96.3 Å². The van der Waals surface area contributed by atoms with Crippen LogP contribution in [0.25, 0.3) is 11.4 Å². The Morgan fingerprint density at radius 3 is 2.22 bits per heavy atom. The van der Waals surface area contributed by atoms with Crippen molar-refractivity contribution >= 4 is 12.3 Å². The van der Waals surface area contributed by atoms with Crippen molar-refractivity contribution in [3.63, 3.8) is 0 Å². The molecular formula is C38H57F2N5O5. The first-order valence-corrected chi connectivity index (χ1v) is 17.7. The average molecular weight is 702 g/mol. The molecule has 0 aromatic carbocycles. The van der Waals surface area contributed by atoms with E-state index in [1.54, 1.807) is 24.3 Å². The van der Waals surface area contributed by atoms with E-state index >= 15 is 0 Å². The summed E-state index contributed by atoms with van der Waals surface area (Å²) in [4.78, 5) is 26.9. The molecule has 2 fully saturated rings. The van der Waals surface area contributed by atoms with Crippen LogP contribution in [0.2, 0.25) is 0 Å². The molecule has 5 rings (SSSR count). The van der Waals surface area contributed by atoms with Crippen LogP contribution in [0.5, 0.6) is 5.88 Å². The number of halogens is 2. The normalized spacial score (nSPS) is 15.1. The first kappa shape index (κ1) is 42.4. The maximum Gasteiger partial charge on any atom is 0.297 e. The minimum Gasteiger partial charge on any atom is -0.483 e. The summed E-state index contributed by atoms with van der Waals surface area (Å²) in [6.07, 6.45) is 4.81. The Hall–Kier alpha value is -3.77. The van der Waals surface area contributed by atoms with Gasteiger partial charge in [-0.3, -0.25) is 9.78 Å². The predicted molar refractivity (Wildman–Crippen MR) is 193 cm³/mol. The summed E-state index contributed by atoms with van der Waals surface area (Å²) in [5.74, 6) is 1.86. The zero-order valence-corrected chi connectivity index (χ0v) is 31.1. The van der Waals surface area contributed by atoms with Gasteiger partial charge in [-0.05, 0) is 75.5 Å². The molecule has 0 bridgehead atoms. The van der Waals surface area contributed by atoms with Gasteiger partial charge in [0, 0.05) is 43.7 Å². The van der Waals surface area contributed by atoms with E-state index in [2.05, 4.69) is 67.5 Å². The molecule has 1 atom stereocenters. The number of aryl methyl sites for hydroxylation is 3. The molecule has 0 aliphatic carbocycles. The number of carbonyl (C=O) groups is 1. The van der Waals surface area contributed by atoms with E-state index in [0.29, 0.717) is 35.6 Å². The van der Waals surface area contributed by atoms with Crippen LogP contribution in [0.4, 0.5) is 14.6 Å². The number of anilines is 1. The number of alkyl halides is 2. The number of aromatic nitrogens is 4. The van der Waals surface area contributed by atoms with Crippen molar-refractivity contribution < 1.29 is 32.9 Å². The Balaban J connectivity index is 0.000000273. The first-order chi connectivity index (χ1) is 23.9. The van der Waals surface area contributed by atoms with Crippen molar-refractivity contribution in [1.29, 1.82) is 0 Å². The van der Waals surface area contributed by atoms with Gasteiger partial charge in [-0.1, -0.05) is 53.2 Å². The van der Waals surface area contributed by atoms with E-state index in [1.807, 2.05) is 24.9 Å². The molecule has 0 saturated carbocycles. The van der Waals surface area contributed by atoms with Gasteiger partial charge >= 0.3 is 0 Å². The molecular weight excluding hydrogens is 644 g/mol. The fraction of sp³-hybridized carbons (Fsp3) is 0.605. The van der Waals surface area contributed by atoms with Crippen LogP contribution >= 0.6 is 0 Å². The van der Waals surface area contributed by atoms with Crippen LogP contribution < -0.4 is 9.64 Å². The summed E-state index contributed by atoms with van der Waals surface area (Å²) in [6, 6.07) is 9.14. The molecule has 1 N–H and O–H groups in total. The minimum atomic E-state index is -2.72. The molecule has 2 aliphatic heterocycles. The van der Waals surface area contributed by atoms with Gasteiger partial charge in [0.05, 0.1) is 31.2 Å². The van der Waals surface area contributed by atoms with Gasteiger partial charge in [0.25, 0.3) is 12.9 Å². The number of carboxylic acid groups (broad SMARTS) is 1. The van der Waals surface area contributed by atoms with Crippen molar-refractivity contribution in [3.05, 3.63) is 59.2 Å². The molecule has 10 nitrogen and oxygen atoms in total. The number of nitrogens with zero attached hydrogens (tertiary/aromatic N) is 5. The summed E-state index contributed by atoms with van der Waals surface area (Å²) >= 11 is 0. The highest BCUT2D eigenvalue weighted by Gasteiger charge is 2.42. The smallest absolute Gasteiger partial charge is 0.297 e. The van der Waals surface area contributed by atoms with E-state index in [4.69, 9.17) is 24.1 Å². The third-order valence-corrected chi connectivity index (χ3v) is 8.88. The zero-order chi connectivity index (χ0) is 37.1. The molecule has 3 aromatic heterocycles. The second-order valence-electron chi connectivity index (χ2n) is 12.8. The molecule has 1 unspecified atom stereocenters. The van der Waals surface area contributed by atoms with E-state index in [0.717, 1.165) is 63.8 Å². The summed E-state index contributed by atoms with van der Waals surface area (Å²) in [5, 5.41) is 6.89. The number of ether oxygens (including phenoxy) is 3. The number of hydrogen-bond acceptors (Lipinski definition) is 9. The van der Waals surface area contributed by atoms with Crippen LogP contribution in [-0.2, 0) is 20.7 Å². The van der Waals surface area contributed by atoms with Gasteiger partial charge in [0.1, 0.15) is 11.4 Å². The number of pyridine rings is 2. The SMILES string of the molecule is CCC(C)CCOC1(C(C)C)COC1.CCOc1cccc(-c2cc(N3CCCC3)nc(C(F)F)n2)n1.CCc1cnc(C)c(C)c1.O=CO. The second-order valence-corrected chi connectivity index (χ2v) is 12.8. The molecule has 5 heterocycles. The fourth-order valence-corrected chi connectivity index (χ4v) is 5.02. The van der Waals surface area contributed by atoms with E-state index in [1.165, 1.54) is 24.0 Å². The monoisotopic (exact) mass is 701 g/mol. The van der Waals surface area contributed by atoms with E-state index < -0.39 is 12.2 Å². The molecule has 2 saturated heterocycles. The molecule has 278 valence electrons. The van der Waals surface area contributed by atoms with Crippen molar-refractivity contribution in [2.24, 2.45) is 11.8 Å². The molecule has 2 aliphatic rings. The van der Waals surface area contributed by atoms with E-state index in [9.17, 15) is 8.78 Å². The highest BCUT2D eigenvalue weighted by Crippen LogP contribution is 2.31. The van der Waals surface area contributed by atoms with Crippen molar-refractivity contribution in [3.8, 4) is 17.3 Å². The van der Waals surface area contributed by atoms with Crippen LogP contribution in [0.15, 0.2) is 36.5 Å². The highest BCUT2D eigenvalue weighted by atomic mass is 19.3. The van der Waals surface area contributed by atoms with Crippen molar-refractivity contribution in [1.82, 2.24) is 19.9 Å². The standard InChI is InChI=1S/C16H18F2N4O.C12H24O2.C9H13N.CH2O2/c1-2-23-14-7-5-6-11(19-14)12-10-13(22-8-3-4-9-22)21-16(20-12)15(17)18;1-5-11(4)6-7-14-12(10(2)3)8-13-9-12;1-4-9-5-7(2)8(3)10-6-9;2-1-3/h5-7,10,15H,2-4,8-9H2,1H3;10-11H,5-9H2,1-4H3;5-6H,4H2,1-3H3;1H,(H,2,3). The lowest BCUT2D eigenvalue weighted by Gasteiger charge is -2.44. The van der Waals surface area contributed by atoms with Crippen molar-refractivity contribution in [2.45, 2.75) is 99.5 Å². The Kier molecular flexibility index (Phi) is 18.8. The number of rotatable bonds is 12. The fourth-order valence-electron chi connectivity index (χ4n) is 5.02. The van der Waals surface area contributed by atoms with Gasteiger partial charge in [-0.15, -0.1) is 0 Å². The number of hydrogen-bond donors (Lipinski definition) is 1. The second kappa shape index (κ2) is 22.1. The minimum absolute atomic E-state index is 0.0352. The third-order valence-electron chi connectivity index (χ3n) is 8.88. The largest absolute Gasteiger partial charge is 0.483 e. The summed E-state index contributed by atoms with van der Waals surface area (Å²) in [5.41, 5.74) is 4.67.